The zero-order chi connectivity index (χ0) is 9.52. The van der Waals surface area contributed by atoms with Crippen LogP contribution in [0.2, 0.25) is 0 Å². The first-order chi connectivity index (χ1) is 6.36. The van der Waals surface area contributed by atoms with Crippen molar-refractivity contribution in [2.75, 3.05) is 0 Å². The quantitative estimate of drug-likeness (QED) is 0.504. The highest BCUT2D eigenvalue weighted by Gasteiger charge is 1.98. The smallest absolute Gasteiger partial charge is 0.120 e. The van der Waals surface area contributed by atoms with Gasteiger partial charge in [0.25, 0.3) is 0 Å². The molecule has 0 aliphatic carbocycles. The van der Waals surface area contributed by atoms with Crippen molar-refractivity contribution in [3.05, 3.63) is 21.9 Å². The van der Waals surface area contributed by atoms with Crippen molar-refractivity contribution in [1.82, 2.24) is 0 Å². The van der Waals surface area contributed by atoms with Crippen molar-refractivity contribution in [1.29, 1.82) is 0 Å². The lowest BCUT2D eigenvalue weighted by Crippen LogP contribution is -1.80. The summed E-state index contributed by atoms with van der Waals surface area (Å²) < 4.78 is 0. The molecular weight excluding hydrogens is 180 g/mol. The van der Waals surface area contributed by atoms with Gasteiger partial charge in [0.2, 0.25) is 0 Å². The fourth-order valence-corrected chi connectivity index (χ4v) is 2.46. The summed E-state index contributed by atoms with van der Waals surface area (Å²) in [6, 6.07) is 4.41. The van der Waals surface area contributed by atoms with Crippen LogP contribution in [-0.4, -0.2) is 6.29 Å². The third-order valence-electron chi connectivity index (χ3n) is 1.96. The molecule has 1 heterocycles. The van der Waals surface area contributed by atoms with E-state index in [1.807, 2.05) is 11.3 Å². The zero-order valence-electron chi connectivity index (χ0n) is 8.08. The molecule has 72 valence electrons. The molecule has 0 bridgehead atoms. The highest BCUT2D eigenvalue weighted by atomic mass is 32.1. The van der Waals surface area contributed by atoms with E-state index in [2.05, 4.69) is 19.1 Å². The van der Waals surface area contributed by atoms with Crippen LogP contribution in [0.25, 0.3) is 0 Å². The number of unbranched alkanes of at least 4 members (excludes halogenated alkanes) is 1. The number of hydrogen-bond acceptors (Lipinski definition) is 2. The second-order valence-electron chi connectivity index (χ2n) is 3.18. The number of rotatable bonds is 6. The predicted molar refractivity (Wildman–Crippen MR) is 57.3 cm³/mol. The first-order valence-electron chi connectivity index (χ1n) is 4.88. The Kier molecular flexibility index (Phi) is 4.76. The van der Waals surface area contributed by atoms with Gasteiger partial charge < -0.3 is 4.79 Å². The molecule has 0 aliphatic heterocycles. The molecule has 1 rings (SSSR count). The maximum Gasteiger partial charge on any atom is 0.120 e. The third kappa shape index (κ3) is 3.73. The second-order valence-corrected chi connectivity index (χ2v) is 4.43. The summed E-state index contributed by atoms with van der Waals surface area (Å²) in [6.07, 6.45) is 6.16. The van der Waals surface area contributed by atoms with Gasteiger partial charge in [0.1, 0.15) is 6.29 Å². The average molecular weight is 196 g/mol. The molecule has 1 nitrogen and oxygen atoms in total. The monoisotopic (exact) mass is 196 g/mol. The van der Waals surface area contributed by atoms with Crippen LogP contribution in [-0.2, 0) is 17.6 Å². The molecule has 0 fully saturated rings. The van der Waals surface area contributed by atoms with Crippen molar-refractivity contribution in [2.24, 2.45) is 0 Å². The SMILES string of the molecule is CCCc1ccc(CCCC=O)s1. The summed E-state index contributed by atoms with van der Waals surface area (Å²) in [6.45, 7) is 2.20. The highest BCUT2D eigenvalue weighted by molar-refractivity contribution is 7.11. The predicted octanol–water partition coefficient (Wildman–Crippen LogP) is 3.22. The molecule has 1 aromatic heterocycles. The number of aryl methyl sites for hydroxylation is 2. The maximum absolute atomic E-state index is 10.1. The molecule has 0 aromatic carbocycles. The Bertz CT molecular complexity index is 252. The first kappa shape index (κ1) is 10.5. The minimum Gasteiger partial charge on any atom is -0.303 e. The lowest BCUT2D eigenvalue weighted by molar-refractivity contribution is -0.107. The third-order valence-corrected chi connectivity index (χ3v) is 3.16. The van der Waals surface area contributed by atoms with Gasteiger partial charge >= 0.3 is 0 Å². The Morgan fingerprint density at radius 1 is 1.31 bits per heavy atom. The van der Waals surface area contributed by atoms with Crippen molar-refractivity contribution in [3.8, 4) is 0 Å². The van der Waals surface area contributed by atoms with Gasteiger partial charge in [-0.15, -0.1) is 11.3 Å². The summed E-state index contributed by atoms with van der Waals surface area (Å²) in [7, 11) is 0. The maximum atomic E-state index is 10.1. The molecule has 0 aliphatic rings. The number of aldehydes is 1. The van der Waals surface area contributed by atoms with Crippen LogP contribution in [0.5, 0.6) is 0 Å². The van der Waals surface area contributed by atoms with Crippen LogP contribution in [0.1, 0.15) is 35.9 Å². The summed E-state index contributed by atoms with van der Waals surface area (Å²) in [4.78, 5) is 13.0. The van der Waals surface area contributed by atoms with E-state index in [1.165, 1.54) is 22.6 Å². The van der Waals surface area contributed by atoms with E-state index in [9.17, 15) is 4.79 Å². The molecule has 13 heavy (non-hydrogen) atoms. The average Bonchev–Trinajstić information content (AvgIpc) is 2.54. The molecule has 0 saturated carbocycles. The van der Waals surface area contributed by atoms with E-state index in [0.29, 0.717) is 6.42 Å². The van der Waals surface area contributed by atoms with Crippen LogP contribution < -0.4 is 0 Å². The van der Waals surface area contributed by atoms with Gasteiger partial charge in [0.15, 0.2) is 0 Å². The van der Waals surface area contributed by atoms with Crippen LogP contribution in [0.3, 0.4) is 0 Å². The summed E-state index contributed by atoms with van der Waals surface area (Å²) in [5, 5.41) is 0. The summed E-state index contributed by atoms with van der Waals surface area (Å²) >= 11 is 1.89. The van der Waals surface area contributed by atoms with Gasteiger partial charge in [-0.1, -0.05) is 13.3 Å². The molecule has 0 amide bonds. The number of carbonyl (C=O) groups excluding carboxylic acids is 1. The Balaban J connectivity index is 2.35. The lowest BCUT2D eigenvalue weighted by Gasteiger charge is -1.92. The number of hydrogen-bond donors (Lipinski definition) is 0. The number of carbonyl (C=O) groups is 1. The van der Waals surface area contributed by atoms with E-state index in [0.717, 1.165) is 19.1 Å². The second kappa shape index (κ2) is 5.92. The van der Waals surface area contributed by atoms with E-state index in [-0.39, 0.29) is 0 Å². The van der Waals surface area contributed by atoms with Crippen molar-refractivity contribution in [3.63, 3.8) is 0 Å². The first-order valence-corrected chi connectivity index (χ1v) is 5.69. The standard InChI is InChI=1S/C11H16OS/c1-2-5-10-7-8-11(13-10)6-3-4-9-12/h7-9H,2-6H2,1H3. The largest absolute Gasteiger partial charge is 0.303 e. The topological polar surface area (TPSA) is 17.1 Å². The fourth-order valence-electron chi connectivity index (χ4n) is 1.30. The molecule has 1 aromatic rings. The van der Waals surface area contributed by atoms with Gasteiger partial charge in [-0.05, 0) is 31.4 Å². The van der Waals surface area contributed by atoms with Gasteiger partial charge in [0.05, 0.1) is 0 Å². The molecule has 0 unspecified atom stereocenters. The Morgan fingerprint density at radius 3 is 2.62 bits per heavy atom. The van der Waals surface area contributed by atoms with E-state index in [4.69, 9.17) is 0 Å². The zero-order valence-corrected chi connectivity index (χ0v) is 8.90. The normalized spacial score (nSPS) is 10.2. The van der Waals surface area contributed by atoms with E-state index < -0.39 is 0 Å². The molecule has 2 heteroatoms. The Labute approximate surface area is 83.8 Å². The van der Waals surface area contributed by atoms with Gasteiger partial charge in [0, 0.05) is 16.2 Å². The van der Waals surface area contributed by atoms with Gasteiger partial charge in [-0.2, -0.15) is 0 Å². The fraction of sp³-hybridized carbons (Fsp3) is 0.545. The Hall–Kier alpha value is -0.630. The highest BCUT2D eigenvalue weighted by Crippen LogP contribution is 2.19. The molecule has 0 spiro atoms. The molecular formula is C11H16OS. The van der Waals surface area contributed by atoms with Crippen LogP contribution in [0.15, 0.2) is 12.1 Å². The van der Waals surface area contributed by atoms with Crippen LogP contribution >= 0.6 is 11.3 Å². The minimum absolute atomic E-state index is 0.695. The van der Waals surface area contributed by atoms with Gasteiger partial charge in [-0.25, -0.2) is 0 Å². The van der Waals surface area contributed by atoms with Crippen LogP contribution in [0.4, 0.5) is 0 Å². The molecule has 0 radical (unpaired) electrons. The lowest BCUT2D eigenvalue weighted by atomic mass is 10.2. The minimum atomic E-state index is 0.695. The van der Waals surface area contributed by atoms with Crippen molar-refractivity contribution < 1.29 is 4.79 Å². The summed E-state index contributed by atoms with van der Waals surface area (Å²) in [5.74, 6) is 0. The Morgan fingerprint density at radius 2 is 2.00 bits per heavy atom. The van der Waals surface area contributed by atoms with Crippen molar-refractivity contribution in [2.45, 2.75) is 39.0 Å². The van der Waals surface area contributed by atoms with E-state index >= 15 is 0 Å². The molecule has 0 N–H and O–H groups in total. The van der Waals surface area contributed by atoms with E-state index in [1.54, 1.807) is 0 Å². The molecule has 0 atom stereocenters. The number of thiophene rings is 1. The van der Waals surface area contributed by atoms with Gasteiger partial charge in [-0.3, -0.25) is 0 Å². The molecule has 0 saturated heterocycles. The van der Waals surface area contributed by atoms with Crippen molar-refractivity contribution >= 4 is 17.6 Å². The summed E-state index contributed by atoms with van der Waals surface area (Å²) in [5.41, 5.74) is 0. The van der Waals surface area contributed by atoms with Crippen LogP contribution in [0, 0.1) is 0 Å².